The number of nitrogens with zero attached hydrogens (tertiary/aromatic N) is 1. The summed E-state index contributed by atoms with van der Waals surface area (Å²) in [4.78, 5) is 2.91. The molecule has 1 N–H and O–H groups in total. The Morgan fingerprint density at radius 2 is 2.05 bits per heavy atom. The molecule has 4 unspecified atom stereocenters. The zero-order valence-electron chi connectivity index (χ0n) is 13.7. The molecule has 1 spiro atoms. The molecule has 0 radical (unpaired) electrons. The molecule has 0 bridgehead atoms. The van der Waals surface area contributed by atoms with Crippen LogP contribution < -0.4 is 5.32 Å². The fourth-order valence-corrected chi connectivity index (χ4v) is 5.84. The molecule has 0 aromatic rings. The van der Waals surface area contributed by atoms with Crippen LogP contribution >= 0.6 is 0 Å². The third-order valence-electron chi connectivity index (χ3n) is 6.88. The minimum atomic E-state index is 0.259. The maximum absolute atomic E-state index is 6.32. The van der Waals surface area contributed by atoms with E-state index in [1.165, 1.54) is 71.0 Å². The van der Waals surface area contributed by atoms with Gasteiger partial charge in [0.2, 0.25) is 0 Å². The lowest BCUT2D eigenvalue weighted by atomic mass is 9.77. The average molecular weight is 292 g/mol. The van der Waals surface area contributed by atoms with Gasteiger partial charge in [-0.1, -0.05) is 26.2 Å². The Bertz CT molecular complexity index is 361. The molecule has 1 saturated carbocycles. The first-order chi connectivity index (χ1) is 10.3. The number of rotatable bonds is 2. The van der Waals surface area contributed by atoms with E-state index >= 15 is 0 Å². The normalized spacial score (nSPS) is 43.3. The largest absolute Gasteiger partial charge is 0.375 e. The Labute approximate surface area is 129 Å². The van der Waals surface area contributed by atoms with Crippen molar-refractivity contribution in [1.29, 1.82) is 0 Å². The second-order valence-corrected chi connectivity index (χ2v) is 7.99. The third-order valence-corrected chi connectivity index (χ3v) is 6.88. The zero-order valence-corrected chi connectivity index (χ0v) is 13.7. The topological polar surface area (TPSA) is 24.5 Å². The van der Waals surface area contributed by atoms with E-state index in [0.717, 1.165) is 30.5 Å². The minimum Gasteiger partial charge on any atom is -0.375 e. The molecular weight excluding hydrogens is 260 g/mol. The number of hydrogen-bond donors (Lipinski definition) is 1. The van der Waals surface area contributed by atoms with Crippen molar-refractivity contribution in [3.8, 4) is 0 Å². The van der Waals surface area contributed by atoms with Crippen molar-refractivity contribution in [2.45, 2.75) is 76.0 Å². The highest BCUT2D eigenvalue weighted by Crippen LogP contribution is 2.43. The Kier molecular flexibility index (Phi) is 4.01. The van der Waals surface area contributed by atoms with Gasteiger partial charge in [0, 0.05) is 25.2 Å². The fraction of sp³-hybridized carbons (Fsp3) is 1.00. The van der Waals surface area contributed by atoms with E-state index in [2.05, 4.69) is 17.1 Å². The first-order valence-electron chi connectivity index (χ1n) is 9.42. The van der Waals surface area contributed by atoms with E-state index in [1.54, 1.807) is 0 Å². The molecule has 4 aliphatic rings. The predicted molar refractivity (Wildman–Crippen MR) is 85.4 cm³/mol. The molecule has 21 heavy (non-hydrogen) atoms. The van der Waals surface area contributed by atoms with E-state index in [4.69, 9.17) is 4.74 Å². The second kappa shape index (κ2) is 5.82. The van der Waals surface area contributed by atoms with E-state index < -0.39 is 0 Å². The quantitative estimate of drug-likeness (QED) is 0.847. The second-order valence-electron chi connectivity index (χ2n) is 7.99. The summed E-state index contributed by atoms with van der Waals surface area (Å²) >= 11 is 0. The monoisotopic (exact) mass is 292 g/mol. The number of ether oxygens (including phenoxy) is 1. The van der Waals surface area contributed by atoms with Gasteiger partial charge in [0.1, 0.15) is 0 Å². The smallest absolute Gasteiger partial charge is 0.0697 e. The van der Waals surface area contributed by atoms with Gasteiger partial charge in [-0.2, -0.15) is 0 Å². The molecule has 0 amide bonds. The van der Waals surface area contributed by atoms with Crippen LogP contribution in [0.5, 0.6) is 0 Å². The molecule has 0 aromatic carbocycles. The maximum Gasteiger partial charge on any atom is 0.0697 e. The Hall–Kier alpha value is -0.120. The SMILES string of the molecule is CCC1C2CNCC2CN1C1CCOC2(CCCCC2)C1. The van der Waals surface area contributed by atoms with Gasteiger partial charge in [0.15, 0.2) is 0 Å². The lowest BCUT2D eigenvalue weighted by Gasteiger charge is -2.47. The summed E-state index contributed by atoms with van der Waals surface area (Å²) in [7, 11) is 0. The number of fused-ring (bicyclic) bond motifs is 1. The Morgan fingerprint density at radius 1 is 1.19 bits per heavy atom. The summed E-state index contributed by atoms with van der Waals surface area (Å²) in [6.45, 7) is 7.26. The van der Waals surface area contributed by atoms with Crippen LogP contribution in [-0.4, -0.2) is 48.8 Å². The molecule has 4 atom stereocenters. The van der Waals surface area contributed by atoms with Crippen LogP contribution in [0.25, 0.3) is 0 Å². The van der Waals surface area contributed by atoms with Crippen LogP contribution in [0.4, 0.5) is 0 Å². The van der Waals surface area contributed by atoms with Gasteiger partial charge < -0.3 is 10.1 Å². The summed E-state index contributed by atoms with van der Waals surface area (Å²) in [5.74, 6) is 1.83. The van der Waals surface area contributed by atoms with Gasteiger partial charge in [-0.15, -0.1) is 0 Å². The molecule has 3 heteroatoms. The molecular formula is C18H32N2O. The zero-order chi connectivity index (χ0) is 14.3. The highest BCUT2D eigenvalue weighted by atomic mass is 16.5. The summed E-state index contributed by atoms with van der Waals surface area (Å²) in [5, 5.41) is 3.62. The van der Waals surface area contributed by atoms with E-state index in [1.807, 2.05) is 0 Å². The van der Waals surface area contributed by atoms with Gasteiger partial charge >= 0.3 is 0 Å². The minimum absolute atomic E-state index is 0.259. The Morgan fingerprint density at radius 3 is 2.86 bits per heavy atom. The molecule has 4 rings (SSSR count). The van der Waals surface area contributed by atoms with Crippen molar-refractivity contribution in [1.82, 2.24) is 10.2 Å². The third kappa shape index (κ3) is 2.55. The molecule has 1 aliphatic carbocycles. The number of hydrogen-bond acceptors (Lipinski definition) is 3. The molecule has 3 nitrogen and oxygen atoms in total. The van der Waals surface area contributed by atoms with Crippen LogP contribution in [-0.2, 0) is 4.74 Å². The first kappa shape index (κ1) is 14.5. The maximum atomic E-state index is 6.32. The van der Waals surface area contributed by atoms with Crippen LogP contribution in [0, 0.1) is 11.8 Å². The summed E-state index contributed by atoms with van der Waals surface area (Å²) in [5.41, 5.74) is 0.259. The van der Waals surface area contributed by atoms with Crippen molar-refractivity contribution >= 4 is 0 Å². The fourth-order valence-electron chi connectivity index (χ4n) is 5.84. The van der Waals surface area contributed by atoms with Gasteiger partial charge in [0.05, 0.1) is 5.60 Å². The van der Waals surface area contributed by atoms with E-state index in [-0.39, 0.29) is 5.60 Å². The average Bonchev–Trinajstić information content (AvgIpc) is 3.08. The molecule has 0 aromatic heterocycles. The lowest BCUT2D eigenvalue weighted by Crippen LogP contribution is -2.51. The van der Waals surface area contributed by atoms with Crippen LogP contribution in [0.2, 0.25) is 0 Å². The standard InChI is InChI=1S/C18H32N2O/c1-2-17-16-12-19-11-14(16)13-20(17)15-6-9-21-18(10-15)7-4-3-5-8-18/h14-17,19H,2-13H2,1H3. The molecule has 3 aliphatic heterocycles. The van der Waals surface area contributed by atoms with Crippen molar-refractivity contribution in [2.75, 3.05) is 26.2 Å². The van der Waals surface area contributed by atoms with Crippen LogP contribution in [0.3, 0.4) is 0 Å². The molecule has 3 heterocycles. The summed E-state index contributed by atoms with van der Waals surface area (Å²) in [6.07, 6.45) is 10.8. The van der Waals surface area contributed by atoms with Crippen LogP contribution in [0.15, 0.2) is 0 Å². The highest BCUT2D eigenvalue weighted by molar-refractivity contribution is 5.02. The number of likely N-dealkylation sites (tertiary alicyclic amines) is 1. The lowest BCUT2D eigenvalue weighted by molar-refractivity contribution is -0.126. The number of nitrogens with one attached hydrogen (secondary N) is 1. The van der Waals surface area contributed by atoms with Crippen molar-refractivity contribution in [3.05, 3.63) is 0 Å². The van der Waals surface area contributed by atoms with Gasteiger partial charge in [-0.3, -0.25) is 4.90 Å². The first-order valence-corrected chi connectivity index (χ1v) is 9.42. The van der Waals surface area contributed by atoms with Gasteiger partial charge in [0.25, 0.3) is 0 Å². The van der Waals surface area contributed by atoms with Crippen molar-refractivity contribution < 1.29 is 4.74 Å². The van der Waals surface area contributed by atoms with E-state index in [9.17, 15) is 0 Å². The van der Waals surface area contributed by atoms with Gasteiger partial charge in [-0.25, -0.2) is 0 Å². The highest BCUT2D eigenvalue weighted by Gasteiger charge is 2.48. The molecule has 4 fully saturated rings. The molecule has 3 saturated heterocycles. The van der Waals surface area contributed by atoms with E-state index in [0.29, 0.717) is 0 Å². The summed E-state index contributed by atoms with van der Waals surface area (Å²) < 4.78 is 6.32. The molecule has 120 valence electrons. The summed E-state index contributed by atoms with van der Waals surface area (Å²) in [6, 6.07) is 1.63. The Balaban J connectivity index is 1.47. The predicted octanol–water partition coefficient (Wildman–Crippen LogP) is 2.80. The van der Waals surface area contributed by atoms with Gasteiger partial charge in [-0.05, 0) is 57.0 Å². The van der Waals surface area contributed by atoms with Crippen LogP contribution in [0.1, 0.15) is 58.3 Å². The van der Waals surface area contributed by atoms with Crippen molar-refractivity contribution in [3.63, 3.8) is 0 Å². The van der Waals surface area contributed by atoms with Crippen molar-refractivity contribution in [2.24, 2.45) is 11.8 Å².